The second kappa shape index (κ2) is 9.32. The number of unbranched alkanes of at least 4 members (excludes halogenated alkanes) is 2. The van der Waals surface area contributed by atoms with Crippen LogP contribution in [0.25, 0.3) is 0 Å². The van der Waals surface area contributed by atoms with Gasteiger partial charge >= 0.3 is 5.97 Å². The summed E-state index contributed by atoms with van der Waals surface area (Å²) in [4.78, 5) is 14.1. The highest BCUT2D eigenvalue weighted by Crippen LogP contribution is 2.15. The Hall–Kier alpha value is -0.610. The highest BCUT2D eigenvalue weighted by atomic mass is 16.5. The molecule has 0 aromatic carbocycles. The molecule has 1 aliphatic heterocycles. The molecule has 0 amide bonds. The van der Waals surface area contributed by atoms with Crippen molar-refractivity contribution < 1.29 is 14.3 Å². The first-order chi connectivity index (χ1) is 9.15. The first kappa shape index (κ1) is 16.4. The molecule has 1 saturated heterocycles. The highest BCUT2D eigenvalue weighted by molar-refractivity contribution is 5.75. The van der Waals surface area contributed by atoms with E-state index in [2.05, 4.69) is 18.7 Å². The molecule has 19 heavy (non-hydrogen) atoms. The van der Waals surface area contributed by atoms with E-state index in [4.69, 9.17) is 9.47 Å². The van der Waals surface area contributed by atoms with Crippen molar-refractivity contribution in [2.45, 2.75) is 52.0 Å². The number of carbonyl (C=O) groups excluding carboxylic acids is 1. The normalized spacial score (nSPS) is 18.5. The van der Waals surface area contributed by atoms with Crippen LogP contribution in [0, 0.1) is 5.92 Å². The molecule has 1 heterocycles. The fraction of sp³-hybridized carbons (Fsp3) is 0.933. The Morgan fingerprint density at radius 3 is 2.37 bits per heavy atom. The maximum Gasteiger partial charge on any atom is 0.323 e. The van der Waals surface area contributed by atoms with Gasteiger partial charge in [0.2, 0.25) is 0 Å². The van der Waals surface area contributed by atoms with Gasteiger partial charge in [-0.15, -0.1) is 0 Å². The number of morpholine rings is 1. The van der Waals surface area contributed by atoms with Crippen LogP contribution in [0.4, 0.5) is 0 Å². The van der Waals surface area contributed by atoms with E-state index in [9.17, 15) is 4.79 Å². The van der Waals surface area contributed by atoms with Crippen LogP contribution in [-0.4, -0.2) is 50.3 Å². The molecule has 1 unspecified atom stereocenters. The molecular formula is C15H29NO3. The van der Waals surface area contributed by atoms with Crippen molar-refractivity contribution in [1.82, 2.24) is 4.90 Å². The molecule has 4 nitrogen and oxygen atoms in total. The zero-order valence-corrected chi connectivity index (χ0v) is 12.7. The Morgan fingerprint density at radius 1 is 1.16 bits per heavy atom. The van der Waals surface area contributed by atoms with E-state index < -0.39 is 0 Å². The van der Waals surface area contributed by atoms with Crippen LogP contribution in [0.1, 0.15) is 46.0 Å². The van der Waals surface area contributed by atoms with Crippen molar-refractivity contribution in [2.24, 2.45) is 5.92 Å². The highest BCUT2D eigenvalue weighted by Gasteiger charge is 2.27. The molecule has 0 saturated carbocycles. The van der Waals surface area contributed by atoms with Gasteiger partial charge in [-0.05, 0) is 12.3 Å². The average Bonchev–Trinajstić information content (AvgIpc) is 2.42. The van der Waals surface area contributed by atoms with Crippen LogP contribution in [-0.2, 0) is 14.3 Å². The summed E-state index contributed by atoms with van der Waals surface area (Å²) in [5, 5.41) is 0. The Kier molecular flexibility index (Phi) is 8.07. The molecule has 0 aliphatic carbocycles. The van der Waals surface area contributed by atoms with E-state index in [1.54, 1.807) is 0 Å². The van der Waals surface area contributed by atoms with E-state index in [0.29, 0.717) is 0 Å². The average molecular weight is 271 g/mol. The third-order valence-electron chi connectivity index (χ3n) is 3.72. The lowest BCUT2D eigenvalue weighted by Gasteiger charge is -2.32. The number of esters is 1. The first-order valence-electron chi connectivity index (χ1n) is 7.54. The zero-order chi connectivity index (χ0) is 14.1. The predicted molar refractivity (Wildman–Crippen MR) is 76.1 cm³/mol. The van der Waals surface area contributed by atoms with Gasteiger partial charge in [0.05, 0.1) is 20.3 Å². The van der Waals surface area contributed by atoms with Gasteiger partial charge in [0.15, 0.2) is 0 Å². The Morgan fingerprint density at radius 2 is 1.79 bits per heavy atom. The van der Waals surface area contributed by atoms with Crippen LogP contribution in [0.15, 0.2) is 0 Å². The lowest BCUT2D eigenvalue weighted by molar-refractivity contribution is -0.149. The van der Waals surface area contributed by atoms with Crippen LogP contribution in [0.2, 0.25) is 0 Å². The van der Waals surface area contributed by atoms with Crippen molar-refractivity contribution >= 4 is 5.97 Å². The third-order valence-corrected chi connectivity index (χ3v) is 3.72. The SMILES string of the molecule is COC(=O)C(CCCCCC(C)C)N1CCOCC1. The molecule has 1 fully saturated rings. The fourth-order valence-electron chi connectivity index (χ4n) is 2.54. The second-order valence-corrected chi connectivity index (χ2v) is 5.72. The Labute approximate surface area is 117 Å². The molecule has 0 bridgehead atoms. The van der Waals surface area contributed by atoms with E-state index in [1.165, 1.54) is 26.4 Å². The minimum absolute atomic E-state index is 0.0760. The maximum absolute atomic E-state index is 11.9. The quantitative estimate of drug-likeness (QED) is 0.502. The van der Waals surface area contributed by atoms with Crippen molar-refractivity contribution in [3.63, 3.8) is 0 Å². The summed E-state index contributed by atoms with van der Waals surface area (Å²) < 4.78 is 10.3. The molecular weight excluding hydrogens is 242 g/mol. The van der Waals surface area contributed by atoms with Crippen LogP contribution in [0.3, 0.4) is 0 Å². The molecule has 1 atom stereocenters. The number of methoxy groups -OCH3 is 1. The van der Waals surface area contributed by atoms with E-state index in [-0.39, 0.29) is 12.0 Å². The fourth-order valence-corrected chi connectivity index (χ4v) is 2.54. The molecule has 112 valence electrons. The molecule has 0 aromatic heterocycles. The van der Waals surface area contributed by atoms with E-state index in [0.717, 1.165) is 45.1 Å². The number of ether oxygens (including phenoxy) is 2. The molecule has 0 spiro atoms. The predicted octanol–water partition coefficient (Wildman–Crippen LogP) is 2.47. The maximum atomic E-state index is 11.9. The summed E-state index contributed by atoms with van der Waals surface area (Å²) in [5.41, 5.74) is 0. The van der Waals surface area contributed by atoms with Gasteiger partial charge in [-0.25, -0.2) is 0 Å². The largest absolute Gasteiger partial charge is 0.468 e. The van der Waals surface area contributed by atoms with Gasteiger partial charge in [0.25, 0.3) is 0 Å². The Balaban J connectivity index is 2.31. The lowest BCUT2D eigenvalue weighted by Crippen LogP contribution is -2.47. The topological polar surface area (TPSA) is 38.8 Å². The van der Waals surface area contributed by atoms with Gasteiger partial charge in [0, 0.05) is 13.1 Å². The molecule has 1 aliphatic rings. The number of nitrogens with zero attached hydrogens (tertiary/aromatic N) is 1. The van der Waals surface area contributed by atoms with Crippen LogP contribution < -0.4 is 0 Å². The minimum atomic E-state index is -0.0919. The monoisotopic (exact) mass is 271 g/mol. The minimum Gasteiger partial charge on any atom is -0.468 e. The number of rotatable bonds is 8. The van der Waals surface area contributed by atoms with Gasteiger partial charge in [-0.2, -0.15) is 0 Å². The van der Waals surface area contributed by atoms with Gasteiger partial charge in [-0.3, -0.25) is 9.69 Å². The third kappa shape index (κ3) is 6.39. The summed E-state index contributed by atoms with van der Waals surface area (Å²) in [5.74, 6) is 0.682. The van der Waals surface area contributed by atoms with Crippen molar-refractivity contribution in [3.05, 3.63) is 0 Å². The van der Waals surface area contributed by atoms with Crippen molar-refractivity contribution in [1.29, 1.82) is 0 Å². The summed E-state index contributed by atoms with van der Waals surface area (Å²) >= 11 is 0. The summed E-state index contributed by atoms with van der Waals surface area (Å²) in [7, 11) is 1.48. The van der Waals surface area contributed by atoms with Crippen molar-refractivity contribution in [3.8, 4) is 0 Å². The second-order valence-electron chi connectivity index (χ2n) is 5.72. The number of hydrogen-bond donors (Lipinski definition) is 0. The van der Waals surface area contributed by atoms with Gasteiger partial charge in [-0.1, -0.05) is 39.5 Å². The molecule has 0 radical (unpaired) electrons. The zero-order valence-electron chi connectivity index (χ0n) is 12.7. The van der Waals surface area contributed by atoms with Crippen LogP contribution in [0.5, 0.6) is 0 Å². The number of carbonyl (C=O) groups is 1. The lowest BCUT2D eigenvalue weighted by atomic mass is 10.0. The first-order valence-corrected chi connectivity index (χ1v) is 7.54. The summed E-state index contributed by atoms with van der Waals surface area (Å²) in [6.07, 6.45) is 5.75. The molecule has 4 heteroatoms. The van der Waals surface area contributed by atoms with Crippen molar-refractivity contribution in [2.75, 3.05) is 33.4 Å². The standard InChI is InChI=1S/C15H29NO3/c1-13(2)7-5-4-6-8-14(15(17)18-3)16-9-11-19-12-10-16/h13-14H,4-12H2,1-3H3. The molecule has 1 rings (SSSR count). The molecule has 0 N–H and O–H groups in total. The summed E-state index contributed by atoms with van der Waals surface area (Å²) in [6, 6.07) is -0.0760. The van der Waals surface area contributed by atoms with E-state index >= 15 is 0 Å². The van der Waals surface area contributed by atoms with Gasteiger partial charge in [0.1, 0.15) is 6.04 Å². The smallest absolute Gasteiger partial charge is 0.323 e. The Bertz CT molecular complexity index is 250. The van der Waals surface area contributed by atoms with E-state index in [1.807, 2.05) is 0 Å². The van der Waals surface area contributed by atoms with Gasteiger partial charge < -0.3 is 9.47 Å². The van der Waals surface area contributed by atoms with Crippen LogP contribution >= 0.6 is 0 Å². The molecule has 0 aromatic rings. The summed E-state index contributed by atoms with van der Waals surface area (Å²) in [6.45, 7) is 7.63. The number of hydrogen-bond acceptors (Lipinski definition) is 4.